The van der Waals surface area contributed by atoms with Crippen molar-refractivity contribution in [2.45, 2.75) is 13.0 Å². The summed E-state index contributed by atoms with van der Waals surface area (Å²) in [5, 5.41) is 14.9. The lowest BCUT2D eigenvalue weighted by molar-refractivity contribution is 0.222. The zero-order valence-electron chi connectivity index (χ0n) is 10.4. The molecule has 96 valence electrons. The second-order valence-corrected chi connectivity index (χ2v) is 6.89. The zero-order chi connectivity index (χ0) is 13.4. The van der Waals surface area contributed by atoms with E-state index in [4.69, 9.17) is 0 Å². The SMILES string of the molecule is Cc1ccc(C(O)c2csc(Br)c2)c2ccccc12. The Kier molecular flexibility index (Phi) is 3.44. The standard InChI is InChI=1S/C16H13BrOS/c1-10-6-7-14(13-5-3-2-4-12(10)13)16(18)11-8-15(17)19-9-11/h2-9,16,18H,1H3. The Morgan fingerprint density at radius 1 is 1.11 bits per heavy atom. The Labute approximate surface area is 124 Å². The first-order valence-electron chi connectivity index (χ1n) is 6.07. The number of rotatable bonds is 2. The van der Waals surface area contributed by atoms with Gasteiger partial charge in [-0.3, -0.25) is 0 Å². The molecule has 1 N–H and O–H groups in total. The van der Waals surface area contributed by atoms with Gasteiger partial charge in [-0.1, -0.05) is 36.4 Å². The van der Waals surface area contributed by atoms with Crippen LogP contribution in [0.4, 0.5) is 0 Å². The Morgan fingerprint density at radius 3 is 2.53 bits per heavy atom. The number of halogens is 1. The second kappa shape index (κ2) is 5.08. The van der Waals surface area contributed by atoms with Crippen LogP contribution in [-0.2, 0) is 0 Å². The smallest absolute Gasteiger partial charge is 0.105 e. The van der Waals surface area contributed by atoms with Crippen molar-refractivity contribution in [2.24, 2.45) is 0 Å². The topological polar surface area (TPSA) is 20.2 Å². The third kappa shape index (κ3) is 2.34. The number of benzene rings is 2. The lowest BCUT2D eigenvalue weighted by atomic mass is 9.95. The average Bonchev–Trinajstić information content (AvgIpc) is 2.86. The molecule has 0 radical (unpaired) electrons. The van der Waals surface area contributed by atoms with Gasteiger partial charge in [0, 0.05) is 0 Å². The Balaban J connectivity index is 2.18. The molecule has 0 aliphatic carbocycles. The maximum absolute atomic E-state index is 10.6. The van der Waals surface area contributed by atoms with Crippen molar-refractivity contribution in [3.8, 4) is 0 Å². The van der Waals surface area contributed by atoms with Gasteiger partial charge in [0.15, 0.2) is 0 Å². The van der Waals surface area contributed by atoms with Crippen LogP contribution in [0.3, 0.4) is 0 Å². The highest BCUT2D eigenvalue weighted by molar-refractivity contribution is 9.11. The summed E-state index contributed by atoms with van der Waals surface area (Å²) in [6.07, 6.45) is -0.576. The number of hydrogen-bond donors (Lipinski definition) is 1. The molecule has 1 aromatic heterocycles. The molecule has 3 heteroatoms. The van der Waals surface area contributed by atoms with Gasteiger partial charge in [-0.2, -0.15) is 0 Å². The third-order valence-electron chi connectivity index (χ3n) is 3.37. The molecule has 3 rings (SSSR count). The van der Waals surface area contributed by atoms with Gasteiger partial charge in [-0.05, 0) is 61.8 Å². The number of aliphatic hydroxyl groups excluding tert-OH is 1. The van der Waals surface area contributed by atoms with Crippen LogP contribution < -0.4 is 0 Å². The van der Waals surface area contributed by atoms with Crippen molar-refractivity contribution in [1.82, 2.24) is 0 Å². The van der Waals surface area contributed by atoms with Gasteiger partial charge in [0.05, 0.1) is 3.79 Å². The number of thiophene rings is 1. The van der Waals surface area contributed by atoms with E-state index < -0.39 is 6.10 Å². The largest absolute Gasteiger partial charge is 0.384 e. The molecule has 2 aromatic carbocycles. The monoisotopic (exact) mass is 332 g/mol. The molecule has 0 bridgehead atoms. The predicted molar refractivity (Wildman–Crippen MR) is 84.8 cm³/mol. The summed E-state index contributed by atoms with van der Waals surface area (Å²) >= 11 is 5.03. The van der Waals surface area contributed by atoms with Crippen molar-refractivity contribution in [3.63, 3.8) is 0 Å². The van der Waals surface area contributed by atoms with Gasteiger partial charge < -0.3 is 5.11 Å². The van der Waals surface area contributed by atoms with Gasteiger partial charge in [0.25, 0.3) is 0 Å². The van der Waals surface area contributed by atoms with E-state index in [0.717, 1.165) is 20.3 Å². The molecule has 0 fully saturated rings. The number of hydrogen-bond acceptors (Lipinski definition) is 2. The molecular weight excluding hydrogens is 320 g/mol. The van der Waals surface area contributed by atoms with Gasteiger partial charge in [0.2, 0.25) is 0 Å². The van der Waals surface area contributed by atoms with E-state index in [2.05, 4.69) is 41.1 Å². The summed E-state index contributed by atoms with van der Waals surface area (Å²) in [6, 6.07) is 14.3. The molecule has 0 amide bonds. The first-order valence-corrected chi connectivity index (χ1v) is 7.74. The maximum atomic E-state index is 10.6. The zero-order valence-corrected chi connectivity index (χ0v) is 12.8. The summed E-state index contributed by atoms with van der Waals surface area (Å²) in [7, 11) is 0. The van der Waals surface area contributed by atoms with Crippen LogP contribution in [0.1, 0.15) is 22.8 Å². The minimum Gasteiger partial charge on any atom is -0.384 e. The first kappa shape index (κ1) is 12.9. The second-order valence-electron chi connectivity index (χ2n) is 4.60. The number of fused-ring (bicyclic) bond motifs is 1. The Bertz CT molecular complexity index is 732. The Morgan fingerprint density at radius 2 is 1.84 bits per heavy atom. The van der Waals surface area contributed by atoms with Gasteiger partial charge in [0.1, 0.15) is 6.10 Å². The predicted octanol–water partition coefficient (Wildman–Crippen LogP) is 5.05. The fourth-order valence-electron chi connectivity index (χ4n) is 2.36. The molecule has 0 aliphatic heterocycles. The quantitative estimate of drug-likeness (QED) is 0.695. The lowest BCUT2D eigenvalue weighted by Crippen LogP contribution is -1.99. The van der Waals surface area contributed by atoms with E-state index in [1.165, 1.54) is 10.9 Å². The van der Waals surface area contributed by atoms with Crippen molar-refractivity contribution in [2.75, 3.05) is 0 Å². The van der Waals surface area contributed by atoms with Crippen LogP contribution >= 0.6 is 27.3 Å². The normalized spacial score (nSPS) is 12.8. The van der Waals surface area contributed by atoms with Crippen LogP contribution in [-0.4, -0.2) is 5.11 Å². The lowest BCUT2D eigenvalue weighted by Gasteiger charge is -2.14. The fourth-order valence-corrected chi connectivity index (χ4v) is 3.55. The molecule has 0 saturated heterocycles. The number of aryl methyl sites for hydroxylation is 1. The molecule has 0 saturated carbocycles. The van der Waals surface area contributed by atoms with Gasteiger partial charge >= 0.3 is 0 Å². The van der Waals surface area contributed by atoms with Crippen LogP contribution in [0, 0.1) is 6.92 Å². The van der Waals surface area contributed by atoms with E-state index in [1.54, 1.807) is 11.3 Å². The van der Waals surface area contributed by atoms with E-state index in [-0.39, 0.29) is 0 Å². The highest BCUT2D eigenvalue weighted by Gasteiger charge is 2.15. The molecule has 19 heavy (non-hydrogen) atoms. The van der Waals surface area contributed by atoms with E-state index in [9.17, 15) is 5.11 Å². The van der Waals surface area contributed by atoms with Crippen molar-refractivity contribution < 1.29 is 5.11 Å². The minimum absolute atomic E-state index is 0.576. The first-order chi connectivity index (χ1) is 9.16. The summed E-state index contributed by atoms with van der Waals surface area (Å²) < 4.78 is 1.04. The van der Waals surface area contributed by atoms with Crippen LogP contribution in [0.2, 0.25) is 0 Å². The third-order valence-corrected chi connectivity index (χ3v) is 4.90. The molecule has 3 aromatic rings. The van der Waals surface area contributed by atoms with Crippen LogP contribution in [0.25, 0.3) is 10.8 Å². The van der Waals surface area contributed by atoms with Gasteiger partial charge in [-0.15, -0.1) is 11.3 Å². The van der Waals surface area contributed by atoms with Crippen LogP contribution in [0.15, 0.2) is 51.6 Å². The summed E-state index contributed by atoms with van der Waals surface area (Å²) in [5.74, 6) is 0. The molecule has 0 aliphatic rings. The Hall–Kier alpha value is -1.16. The maximum Gasteiger partial charge on any atom is 0.105 e. The number of aliphatic hydroxyl groups is 1. The molecule has 1 atom stereocenters. The summed E-state index contributed by atoms with van der Waals surface area (Å²) in [4.78, 5) is 0. The molecule has 1 heterocycles. The minimum atomic E-state index is -0.576. The average molecular weight is 333 g/mol. The molecule has 0 spiro atoms. The van der Waals surface area contributed by atoms with Crippen molar-refractivity contribution in [3.05, 3.63) is 68.3 Å². The van der Waals surface area contributed by atoms with Crippen molar-refractivity contribution in [1.29, 1.82) is 0 Å². The van der Waals surface area contributed by atoms with E-state index in [1.807, 2.05) is 29.6 Å². The van der Waals surface area contributed by atoms with Crippen molar-refractivity contribution >= 4 is 38.0 Å². The molecular formula is C16H13BrOS. The van der Waals surface area contributed by atoms with E-state index in [0.29, 0.717) is 0 Å². The highest BCUT2D eigenvalue weighted by Crippen LogP contribution is 2.33. The molecule has 1 nitrogen and oxygen atoms in total. The van der Waals surface area contributed by atoms with E-state index >= 15 is 0 Å². The molecule has 1 unspecified atom stereocenters. The van der Waals surface area contributed by atoms with Gasteiger partial charge in [-0.25, -0.2) is 0 Å². The highest BCUT2D eigenvalue weighted by atomic mass is 79.9. The fraction of sp³-hybridized carbons (Fsp3) is 0.125. The van der Waals surface area contributed by atoms with Crippen LogP contribution in [0.5, 0.6) is 0 Å². The summed E-state index contributed by atoms with van der Waals surface area (Å²) in [5.41, 5.74) is 3.13. The summed E-state index contributed by atoms with van der Waals surface area (Å²) in [6.45, 7) is 2.10.